The number of aromatic nitrogens is 1. The predicted molar refractivity (Wildman–Crippen MR) is 291 cm³/mol. The SMILES string of the molecule is c1ccc(N(c2cccc(-c3cccc(-c4ccc5c(c4)c4ccccc4n5-c4cccc5c4C(c4ccccc4)(c4ccccc4)c4ccccc4-5)c3)c2)c2cccc3c2oc2ccccc23)cc1. The molecule has 11 aromatic carbocycles. The molecule has 0 radical (unpaired) electrons. The molecule has 70 heavy (non-hydrogen) atoms. The molecule has 0 saturated heterocycles. The van der Waals surface area contributed by atoms with Crippen molar-refractivity contribution in [3.8, 4) is 39.1 Å². The first-order valence-corrected chi connectivity index (χ1v) is 24.1. The highest BCUT2D eigenvalue weighted by Crippen LogP contribution is 2.58. The molecule has 0 spiro atoms. The number of furan rings is 1. The first-order valence-electron chi connectivity index (χ1n) is 24.1. The van der Waals surface area contributed by atoms with Crippen molar-refractivity contribution < 1.29 is 4.42 Å². The molecule has 0 saturated carbocycles. The Hall–Kier alpha value is -9.18. The standard InChI is InChI=1S/C67H44N2O/c1-4-23-49(24-5-1)67(50-25-6-2-7-26-50)59-35-13-10-30-53(59)56-33-18-37-62(65(56)67)69-60-36-14-11-31-54(60)58-44-48(40-41-61(58)69)46-21-16-20-45(42-46)47-22-17-29-52(43-47)68(51-27-8-3-9-28-51)63-38-19-34-57-55-32-12-15-39-64(55)70-66(57)63/h1-44H. The lowest BCUT2D eigenvalue weighted by molar-refractivity contribution is 0.669. The second-order valence-corrected chi connectivity index (χ2v) is 18.4. The third kappa shape index (κ3) is 6.01. The van der Waals surface area contributed by atoms with E-state index in [4.69, 9.17) is 4.42 Å². The molecule has 3 heteroatoms. The average Bonchev–Trinajstić information content (AvgIpc) is 4.09. The number of nitrogens with zero attached hydrogens (tertiary/aromatic N) is 2. The summed E-state index contributed by atoms with van der Waals surface area (Å²) in [6, 6.07) is 97.2. The zero-order chi connectivity index (χ0) is 46.2. The molecule has 0 unspecified atom stereocenters. The Balaban J connectivity index is 0.908. The lowest BCUT2D eigenvalue weighted by atomic mass is 9.67. The van der Waals surface area contributed by atoms with Crippen LogP contribution in [0, 0.1) is 0 Å². The van der Waals surface area contributed by atoms with Crippen LogP contribution in [-0.4, -0.2) is 4.57 Å². The van der Waals surface area contributed by atoms with E-state index in [9.17, 15) is 0 Å². The summed E-state index contributed by atoms with van der Waals surface area (Å²) >= 11 is 0. The van der Waals surface area contributed by atoms with Gasteiger partial charge < -0.3 is 13.9 Å². The Bertz CT molecular complexity index is 4090. The Morgan fingerprint density at radius 3 is 1.70 bits per heavy atom. The van der Waals surface area contributed by atoms with E-state index in [1.807, 2.05) is 12.1 Å². The highest BCUT2D eigenvalue weighted by molar-refractivity contribution is 6.12. The van der Waals surface area contributed by atoms with Crippen LogP contribution in [0.1, 0.15) is 22.3 Å². The number of para-hydroxylation sites is 4. The van der Waals surface area contributed by atoms with E-state index in [0.717, 1.165) is 55.7 Å². The second kappa shape index (κ2) is 16.0. The van der Waals surface area contributed by atoms with E-state index < -0.39 is 5.41 Å². The van der Waals surface area contributed by atoms with E-state index >= 15 is 0 Å². The molecule has 0 amide bonds. The van der Waals surface area contributed by atoms with Crippen molar-refractivity contribution in [3.05, 3.63) is 289 Å². The van der Waals surface area contributed by atoms with Crippen molar-refractivity contribution in [2.75, 3.05) is 4.90 Å². The lowest BCUT2D eigenvalue weighted by Gasteiger charge is -2.35. The maximum Gasteiger partial charge on any atom is 0.159 e. The van der Waals surface area contributed by atoms with E-state index in [1.165, 1.54) is 66.4 Å². The van der Waals surface area contributed by atoms with Gasteiger partial charge in [0.25, 0.3) is 0 Å². The molecule has 14 rings (SSSR count). The van der Waals surface area contributed by atoms with Crippen molar-refractivity contribution >= 4 is 60.8 Å². The van der Waals surface area contributed by atoms with Crippen LogP contribution in [-0.2, 0) is 5.41 Å². The first kappa shape index (κ1) is 39.9. The van der Waals surface area contributed by atoms with Gasteiger partial charge in [0.15, 0.2) is 5.58 Å². The minimum atomic E-state index is -0.542. The zero-order valence-corrected chi connectivity index (χ0v) is 38.2. The fourth-order valence-electron chi connectivity index (χ4n) is 11.7. The third-order valence-corrected chi connectivity index (χ3v) is 14.6. The highest BCUT2D eigenvalue weighted by atomic mass is 16.3. The zero-order valence-electron chi connectivity index (χ0n) is 38.2. The second-order valence-electron chi connectivity index (χ2n) is 18.4. The average molecular weight is 893 g/mol. The number of anilines is 3. The number of hydrogen-bond acceptors (Lipinski definition) is 2. The van der Waals surface area contributed by atoms with Crippen LogP contribution >= 0.6 is 0 Å². The van der Waals surface area contributed by atoms with Gasteiger partial charge >= 0.3 is 0 Å². The molecule has 1 aliphatic carbocycles. The van der Waals surface area contributed by atoms with Gasteiger partial charge in [0.1, 0.15) is 5.58 Å². The number of rotatable bonds is 8. The van der Waals surface area contributed by atoms with Crippen LogP contribution in [0.25, 0.3) is 82.8 Å². The minimum absolute atomic E-state index is 0.542. The van der Waals surface area contributed by atoms with Crippen LogP contribution < -0.4 is 4.90 Å². The first-order chi connectivity index (χ1) is 34.7. The number of fused-ring (bicyclic) bond motifs is 9. The Morgan fingerprint density at radius 2 is 0.914 bits per heavy atom. The summed E-state index contributed by atoms with van der Waals surface area (Å²) < 4.78 is 9.13. The molecular weight excluding hydrogens is 849 g/mol. The molecule has 1 aliphatic rings. The smallest absolute Gasteiger partial charge is 0.159 e. The summed E-state index contributed by atoms with van der Waals surface area (Å²) in [6.45, 7) is 0. The topological polar surface area (TPSA) is 21.3 Å². The van der Waals surface area contributed by atoms with Crippen molar-refractivity contribution in [1.82, 2.24) is 4.57 Å². The summed E-state index contributed by atoms with van der Waals surface area (Å²) in [6.07, 6.45) is 0. The molecule has 0 bridgehead atoms. The molecule has 2 heterocycles. The molecular formula is C67H44N2O. The molecule has 0 fully saturated rings. The van der Waals surface area contributed by atoms with Gasteiger partial charge in [-0.05, 0) is 117 Å². The minimum Gasteiger partial charge on any atom is -0.454 e. The Morgan fingerprint density at radius 1 is 0.357 bits per heavy atom. The Kier molecular flexibility index (Phi) is 9.11. The number of benzene rings is 11. The summed E-state index contributed by atoms with van der Waals surface area (Å²) in [4.78, 5) is 2.31. The molecule has 2 aromatic heterocycles. The summed E-state index contributed by atoms with van der Waals surface area (Å²) in [5.74, 6) is 0. The monoisotopic (exact) mass is 892 g/mol. The van der Waals surface area contributed by atoms with Gasteiger partial charge in [-0.3, -0.25) is 0 Å². The molecule has 328 valence electrons. The van der Waals surface area contributed by atoms with Crippen molar-refractivity contribution in [2.45, 2.75) is 5.41 Å². The third-order valence-electron chi connectivity index (χ3n) is 14.6. The maximum absolute atomic E-state index is 6.61. The molecule has 0 atom stereocenters. The van der Waals surface area contributed by atoms with Crippen molar-refractivity contribution in [1.29, 1.82) is 0 Å². The van der Waals surface area contributed by atoms with Crippen LogP contribution in [0.5, 0.6) is 0 Å². The van der Waals surface area contributed by atoms with Crippen LogP contribution in [0.2, 0.25) is 0 Å². The van der Waals surface area contributed by atoms with E-state index in [-0.39, 0.29) is 0 Å². The van der Waals surface area contributed by atoms with Gasteiger partial charge in [-0.2, -0.15) is 0 Å². The van der Waals surface area contributed by atoms with Crippen LogP contribution in [0.4, 0.5) is 17.1 Å². The van der Waals surface area contributed by atoms with Gasteiger partial charge in [-0.15, -0.1) is 0 Å². The lowest BCUT2D eigenvalue weighted by Crippen LogP contribution is -2.29. The largest absolute Gasteiger partial charge is 0.454 e. The quantitative estimate of drug-likeness (QED) is 0.152. The molecule has 0 N–H and O–H groups in total. The Labute approximate surface area is 406 Å². The van der Waals surface area contributed by atoms with Crippen LogP contribution in [0.3, 0.4) is 0 Å². The van der Waals surface area contributed by atoms with E-state index in [0.29, 0.717) is 0 Å². The van der Waals surface area contributed by atoms with Crippen molar-refractivity contribution in [2.24, 2.45) is 0 Å². The van der Waals surface area contributed by atoms with Gasteiger partial charge in [0, 0.05) is 38.5 Å². The maximum atomic E-state index is 6.61. The summed E-state index contributed by atoms with van der Waals surface area (Å²) in [5.41, 5.74) is 20.1. The normalized spacial score (nSPS) is 12.7. The molecule has 0 aliphatic heterocycles. The summed E-state index contributed by atoms with van der Waals surface area (Å²) in [5, 5.41) is 4.66. The van der Waals surface area contributed by atoms with Gasteiger partial charge in [-0.25, -0.2) is 0 Å². The fraction of sp³-hybridized carbons (Fsp3) is 0.0149. The van der Waals surface area contributed by atoms with Gasteiger partial charge in [0.2, 0.25) is 0 Å². The highest BCUT2D eigenvalue weighted by Gasteiger charge is 2.48. The molecule has 3 nitrogen and oxygen atoms in total. The molecule has 13 aromatic rings. The van der Waals surface area contributed by atoms with Gasteiger partial charge in [-0.1, -0.05) is 200 Å². The van der Waals surface area contributed by atoms with Crippen molar-refractivity contribution in [3.63, 3.8) is 0 Å². The van der Waals surface area contributed by atoms with E-state index in [2.05, 4.69) is 264 Å². The van der Waals surface area contributed by atoms with E-state index in [1.54, 1.807) is 0 Å². The fourth-order valence-corrected chi connectivity index (χ4v) is 11.7. The predicted octanol–water partition coefficient (Wildman–Crippen LogP) is 17.8. The number of hydrogen-bond donors (Lipinski definition) is 0. The van der Waals surface area contributed by atoms with Crippen LogP contribution in [0.15, 0.2) is 271 Å². The van der Waals surface area contributed by atoms with Gasteiger partial charge in [0.05, 0.1) is 27.8 Å². The summed E-state index contributed by atoms with van der Waals surface area (Å²) in [7, 11) is 0.